The molecule has 0 aromatic carbocycles. The maximum absolute atomic E-state index is 13.0. The normalized spacial score (nSPS) is 18.7. The van der Waals surface area contributed by atoms with Gasteiger partial charge in [-0.25, -0.2) is 28.2 Å². The summed E-state index contributed by atoms with van der Waals surface area (Å²) in [6.07, 6.45) is 5.06. The molecule has 1 fully saturated rings. The molecule has 162 valence electrons. The second-order valence-corrected chi connectivity index (χ2v) is 7.76. The highest BCUT2D eigenvalue weighted by Crippen LogP contribution is 2.29. The number of imidazole rings is 1. The summed E-state index contributed by atoms with van der Waals surface area (Å²) >= 11 is 0. The van der Waals surface area contributed by atoms with Crippen LogP contribution in [0.25, 0.3) is 27.8 Å². The highest BCUT2D eigenvalue weighted by atomic mass is 19.3. The molecule has 0 aliphatic heterocycles. The fourth-order valence-corrected chi connectivity index (χ4v) is 4.08. The zero-order valence-corrected chi connectivity index (χ0v) is 17.3. The predicted molar refractivity (Wildman–Crippen MR) is 112 cm³/mol. The first-order valence-electron chi connectivity index (χ1n) is 10.4. The summed E-state index contributed by atoms with van der Waals surface area (Å²) in [5, 5.41) is 7.90. The number of nitrogens with one attached hydrogen (secondary N) is 1. The van der Waals surface area contributed by atoms with Crippen molar-refractivity contribution in [3.05, 3.63) is 36.5 Å². The third-order valence-corrected chi connectivity index (χ3v) is 5.68. The number of fused-ring (bicyclic) bond motifs is 2. The van der Waals surface area contributed by atoms with Crippen LogP contribution in [0.15, 0.2) is 30.7 Å². The van der Waals surface area contributed by atoms with Crippen molar-refractivity contribution < 1.29 is 13.5 Å². The van der Waals surface area contributed by atoms with E-state index in [1.807, 2.05) is 25.3 Å². The molecule has 0 unspecified atom stereocenters. The molecular formula is C21H23F2N7O. The average Bonchev–Trinajstić information content (AvgIpc) is 3.26. The number of alkyl halides is 2. The van der Waals surface area contributed by atoms with Gasteiger partial charge in [-0.05, 0) is 38.8 Å². The summed E-state index contributed by atoms with van der Waals surface area (Å²) in [7, 11) is 0. The van der Waals surface area contributed by atoms with Crippen molar-refractivity contribution in [1.82, 2.24) is 29.1 Å². The van der Waals surface area contributed by atoms with Crippen LogP contribution in [-0.4, -0.2) is 54.3 Å². The molecule has 4 aromatic rings. The van der Waals surface area contributed by atoms with Gasteiger partial charge in [-0.2, -0.15) is 0 Å². The van der Waals surface area contributed by atoms with Crippen LogP contribution in [0.4, 0.5) is 14.7 Å². The maximum atomic E-state index is 13.0. The fraction of sp³-hybridized carbons (Fsp3) is 0.429. The third kappa shape index (κ3) is 3.71. The predicted octanol–water partition coefficient (Wildman–Crippen LogP) is 3.69. The fourth-order valence-electron chi connectivity index (χ4n) is 4.08. The zero-order chi connectivity index (χ0) is 21.5. The van der Waals surface area contributed by atoms with Crippen molar-refractivity contribution >= 4 is 22.6 Å². The Bertz CT molecular complexity index is 1230. The molecule has 5 rings (SSSR count). The van der Waals surface area contributed by atoms with Gasteiger partial charge in [0, 0.05) is 36.2 Å². The minimum atomic E-state index is -2.46. The van der Waals surface area contributed by atoms with Gasteiger partial charge in [-0.3, -0.25) is 0 Å². The van der Waals surface area contributed by atoms with Crippen molar-refractivity contribution in [2.45, 2.75) is 51.8 Å². The Morgan fingerprint density at radius 1 is 1.23 bits per heavy atom. The molecule has 0 amide bonds. The van der Waals surface area contributed by atoms with Gasteiger partial charge >= 0.3 is 0 Å². The average molecular weight is 427 g/mol. The number of hydrogen-bond donors (Lipinski definition) is 1. The summed E-state index contributed by atoms with van der Waals surface area (Å²) in [5.41, 5.74) is 3.53. The smallest absolute Gasteiger partial charge is 0.256 e. The topological polar surface area (TPSA) is 82.2 Å². The number of rotatable bonds is 7. The number of hydrogen-bond acceptors (Lipinski definition) is 6. The van der Waals surface area contributed by atoms with E-state index in [2.05, 4.69) is 25.4 Å². The van der Waals surface area contributed by atoms with E-state index in [0.717, 1.165) is 36.1 Å². The van der Waals surface area contributed by atoms with E-state index >= 15 is 0 Å². The van der Waals surface area contributed by atoms with Crippen molar-refractivity contribution in [3.8, 4) is 11.1 Å². The Hall–Kier alpha value is -3.14. The van der Waals surface area contributed by atoms with E-state index in [1.54, 1.807) is 23.8 Å². The Balaban J connectivity index is 1.42. The van der Waals surface area contributed by atoms with E-state index in [9.17, 15) is 8.78 Å². The number of aryl methyl sites for hydroxylation is 1. The highest BCUT2D eigenvalue weighted by molar-refractivity contribution is 5.85. The molecule has 0 spiro atoms. The summed E-state index contributed by atoms with van der Waals surface area (Å²) in [6, 6.07) is 4.08. The highest BCUT2D eigenvalue weighted by Gasteiger charge is 2.30. The Morgan fingerprint density at radius 2 is 2.06 bits per heavy atom. The van der Waals surface area contributed by atoms with E-state index < -0.39 is 13.0 Å². The summed E-state index contributed by atoms with van der Waals surface area (Å²) in [6.45, 7) is 4.03. The summed E-state index contributed by atoms with van der Waals surface area (Å²) < 4.78 is 34.9. The van der Waals surface area contributed by atoms with Crippen molar-refractivity contribution in [2.75, 3.05) is 11.9 Å². The first-order chi connectivity index (χ1) is 15.0. The number of nitrogens with zero attached hydrogens (tertiary/aromatic N) is 6. The van der Waals surface area contributed by atoms with Crippen LogP contribution >= 0.6 is 0 Å². The second-order valence-electron chi connectivity index (χ2n) is 7.76. The van der Waals surface area contributed by atoms with E-state index in [4.69, 9.17) is 4.74 Å². The van der Waals surface area contributed by atoms with E-state index in [1.165, 1.54) is 4.57 Å². The Labute approximate surface area is 177 Å². The van der Waals surface area contributed by atoms with Gasteiger partial charge in [0.1, 0.15) is 5.82 Å². The van der Waals surface area contributed by atoms with E-state index in [-0.39, 0.29) is 0 Å². The van der Waals surface area contributed by atoms with Crippen LogP contribution in [0.3, 0.4) is 0 Å². The van der Waals surface area contributed by atoms with Crippen molar-refractivity contribution in [2.24, 2.45) is 0 Å². The standard InChI is InChI=1S/C21H23F2N7O/c1-3-31-15-7-14(8-15)27-21-25-10-18-16(4-5-30(18)28-21)13-6-17-20(24-9-13)26-12(2)29(17)11-19(22)23/h4-6,9-10,14-15,19H,3,7-8,11H2,1-2H3,(H,27,28)/t14-,15-. The minimum absolute atomic E-state index is 0.314. The lowest BCUT2D eigenvalue weighted by molar-refractivity contribution is 0.00283. The van der Waals surface area contributed by atoms with Gasteiger partial charge in [0.15, 0.2) is 5.65 Å². The molecule has 8 nitrogen and oxygen atoms in total. The number of halogens is 2. The van der Waals surface area contributed by atoms with Gasteiger partial charge in [-0.15, -0.1) is 5.10 Å². The number of pyridine rings is 1. The molecule has 1 aliphatic carbocycles. The third-order valence-electron chi connectivity index (χ3n) is 5.68. The molecule has 1 aliphatic rings. The van der Waals surface area contributed by atoms with Crippen molar-refractivity contribution in [3.63, 3.8) is 0 Å². The number of anilines is 1. The Morgan fingerprint density at radius 3 is 2.84 bits per heavy atom. The molecule has 10 heteroatoms. The van der Waals surface area contributed by atoms with Gasteiger partial charge in [0.2, 0.25) is 5.95 Å². The van der Waals surface area contributed by atoms with Crippen LogP contribution in [0.1, 0.15) is 25.6 Å². The maximum Gasteiger partial charge on any atom is 0.256 e. The Kier molecular flexibility index (Phi) is 5.01. The van der Waals surface area contributed by atoms with Gasteiger partial charge < -0.3 is 14.6 Å². The van der Waals surface area contributed by atoms with Crippen LogP contribution in [0.2, 0.25) is 0 Å². The zero-order valence-electron chi connectivity index (χ0n) is 17.3. The summed E-state index contributed by atoms with van der Waals surface area (Å²) in [4.78, 5) is 13.1. The molecule has 4 aromatic heterocycles. The van der Waals surface area contributed by atoms with Gasteiger partial charge in [0.05, 0.1) is 29.9 Å². The summed E-state index contributed by atoms with van der Waals surface area (Å²) in [5.74, 6) is 1.08. The number of aromatic nitrogens is 6. The lowest BCUT2D eigenvalue weighted by Gasteiger charge is -2.35. The first-order valence-corrected chi connectivity index (χ1v) is 10.4. The molecule has 0 bridgehead atoms. The SMILES string of the molecule is CCO[C@H]1C[C@H](Nc2ncc3c(-c4cnc5nc(C)n(CC(F)F)c5c4)ccn3n2)C1. The van der Waals surface area contributed by atoms with Gasteiger partial charge in [0.25, 0.3) is 6.43 Å². The van der Waals surface area contributed by atoms with Crippen LogP contribution in [-0.2, 0) is 11.3 Å². The molecule has 0 saturated heterocycles. The largest absolute Gasteiger partial charge is 0.378 e. The number of ether oxygens (including phenoxy) is 1. The molecule has 0 radical (unpaired) electrons. The molecule has 1 saturated carbocycles. The van der Waals surface area contributed by atoms with Crippen LogP contribution in [0.5, 0.6) is 0 Å². The molecule has 1 N–H and O–H groups in total. The van der Waals surface area contributed by atoms with E-state index in [0.29, 0.717) is 35.1 Å². The van der Waals surface area contributed by atoms with Crippen molar-refractivity contribution in [1.29, 1.82) is 0 Å². The monoisotopic (exact) mass is 427 g/mol. The lowest BCUT2D eigenvalue weighted by Crippen LogP contribution is -2.41. The van der Waals surface area contributed by atoms with Crippen LogP contribution < -0.4 is 5.32 Å². The quantitative estimate of drug-likeness (QED) is 0.484. The lowest BCUT2D eigenvalue weighted by atomic mass is 9.89. The minimum Gasteiger partial charge on any atom is -0.378 e. The molecule has 31 heavy (non-hydrogen) atoms. The molecular weight excluding hydrogens is 404 g/mol. The van der Waals surface area contributed by atoms with Crippen LogP contribution in [0, 0.1) is 6.92 Å². The van der Waals surface area contributed by atoms with Gasteiger partial charge in [-0.1, -0.05) is 0 Å². The first kappa shape index (κ1) is 19.8. The second kappa shape index (κ2) is 7.84. The molecule has 4 heterocycles. The molecule has 0 atom stereocenters.